The van der Waals surface area contributed by atoms with E-state index in [1.807, 2.05) is 12.1 Å². The molecule has 0 saturated carbocycles. The van der Waals surface area contributed by atoms with Crippen LogP contribution in [0.2, 0.25) is 5.02 Å². The summed E-state index contributed by atoms with van der Waals surface area (Å²) in [6.45, 7) is 0.477. The van der Waals surface area contributed by atoms with Crippen molar-refractivity contribution < 1.29 is 22.8 Å². The normalized spacial score (nSPS) is 13.5. The summed E-state index contributed by atoms with van der Waals surface area (Å²) in [6, 6.07) is 10.4. The maximum Gasteiger partial charge on any atom is 0.417 e. The number of hydrogen-bond donors (Lipinski definition) is 1. The van der Waals surface area contributed by atoms with Crippen molar-refractivity contribution in [3.05, 3.63) is 58.6 Å². The van der Waals surface area contributed by atoms with Crippen LogP contribution in [-0.2, 0) is 22.2 Å². The smallest absolute Gasteiger partial charge is 0.326 e. The molecular weight excluding hydrogens is 369 g/mol. The lowest BCUT2D eigenvalue weighted by atomic mass is 10.2. The number of fused-ring (bicyclic) bond motifs is 1. The largest absolute Gasteiger partial charge is 0.417 e. The topological polar surface area (TPSA) is 49.4 Å². The van der Waals surface area contributed by atoms with Gasteiger partial charge >= 0.3 is 6.18 Å². The number of nitrogens with one attached hydrogen (secondary N) is 1. The van der Waals surface area contributed by atoms with Gasteiger partial charge in [-0.2, -0.15) is 13.2 Å². The fourth-order valence-corrected chi connectivity index (χ4v) is 3.08. The molecule has 3 rings (SSSR count). The number of amides is 2. The van der Waals surface area contributed by atoms with Crippen molar-refractivity contribution in [3.63, 3.8) is 0 Å². The molecule has 0 fully saturated rings. The minimum Gasteiger partial charge on any atom is -0.326 e. The molecule has 26 heavy (non-hydrogen) atoms. The summed E-state index contributed by atoms with van der Waals surface area (Å²) in [5.41, 5.74) is 0.669. The van der Waals surface area contributed by atoms with E-state index in [1.165, 1.54) is 11.0 Å². The van der Waals surface area contributed by atoms with Gasteiger partial charge in [0.1, 0.15) is 6.42 Å². The van der Waals surface area contributed by atoms with Crippen molar-refractivity contribution in [2.45, 2.75) is 19.0 Å². The van der Waals surface area contributed by atoms with E-state index in [1.54, 1.807) is 12.1 Å². The lowest BCUT2D eigenvalue weighted by molar-refractivity contribution is -0.137. The fourth-order valence-electron chi connectivity index (χ4n) is 2.86. The standard InChI is InChI=1S/C18H14ClF3N2O2/c19-14-6-5-12(9-13(14)18(20,21)22)23-16(25)10-17(26)24-8-7-11-3-1-2-4-15(11)24/h1-6,9H,7-8,10H2,(H,23,25). The van der Waals surface area contributed by atoms with E-state index in [4.69, 9.17) is 11.6 Å². The monoisotopic (exact) mass is 382 g/mol. The highest BCUT2D eigenvalue weighted by Gasteiger charge is 2.33. The fraction of sp³-hybridized carbons (Fsp3) is 0.222. The van der Waals surface area contributed by atoms with Gasteiger partial charge in [-0.3, -0.25) is 9.59 Å². The lowest BCUT2D eigenvalue weighted by Crippen LogP contribution is -2.32. The second-order valence-corrected chi connectivity index (χ2v) is 6.25. The molecule has 1 aliphatic heterocycles. The first-order valence-electron chi connectivity index (χ1n) is 7.80. The molecule has 1 N–H and O–H groups in total. The van der Waals surface area contributed by atoms with Gasteiger partial charge < -0.3 is 10.2 Å². The first-order valence-corrected chi connectivity index (χ1v) is 8.18. The summed E-state index contributed by atoms with van der Waals surface area (Å²) in [5.74, 6) is -1.09. The van der Waals surface area contributed by atoms with Gasteiger partial charge in [-0.05, 0) is 36.2 Å². The molecule has 4 nitrogen and oxygen atoms in total. The Hall–Kier alpha value is -2.54. The predicted molar refractivity (Wildman–Crippen MR) is 92.2 cm³/mol. The van der Waals surface area contributed by atoms with Gasteiger partial charge in [0, 0.05) is 17.9 Å². The van der Waals surface area contributed by atoms with Crippen LogP contribution >= 0.6 is 11.6 Å². The maximum atomic E-state index is 12.9. The van der Waals surface area contributed by atoms with E-state index in [9.17, 15) is 22.8 Å². The van der Waals surface area contributed by atoms with Crippen LogP contribution in [0.4, 0.5) is 24.5 Å². The molecule has 136 valence electrons. The van der Waals surface area contributed by atoms with Crippen molar-refractivity contribution in [1.29, 1.82) is 0 Å². The Balaban J connectivity index is 1.67. The Labute approximate surface area is 152 Å². The first-order chi connectivity index (χ1) is 12.3. The van der Waals surface area contributed by atoms with Gasteiger partial charge in [0.2, 0.25) is 11.8 Å². The Morgan fingerprint density at radius 2 is 1.88 bits per heavy atom. The number of para-hydroxylation sites is 1. The molecule has 0 radical (unpaired) electrons. The van der Waals surface area contributed by atoms with E-state index in [2.05, 4.69) is 5.32 Å². The second-order valence-electron chi connectivity index (χ2n) is 5.84. The average Bonchev–Trinajstić information content (AvgIpc) is 2.99. The molecule has 0 aromatic heterocycles. The molecule has 0 atom stereocenters. The van der Waals surface area contributed by atoms with Crippen molar-refractivity contribution in [2.75, 3.05) is 16.8 Å². The zero-order valence-corrected chi connectivity index (χ0v) is 14.2. The van der Waals surface area contributed by atoms with E-state index in [0.29, 0.717) is 13.0 Å². The Bertz CT molecular complexity index is 868. The quantitative estimate of drug-likeness (QED) is 0.806. The van der Waals surface area contributed by atoms with Gasteiger partial charge in [-0.25, -0.2) is 0 Å². The summed E-state index contributed by atoms with van der Waals surface area (Å²) < 4.78 is 38.6. The number of carbonyl (C=O) groups excluding carboxylic acids is 2. The minimum absolute atomic E-state index is 0.0682. The number of nitrogens with zero attached hydrogens (tertiary/aromatic N) is 1. The van der Waals surface area contributed by atoms with Crippen molar-refractivity contribution in [2.24, 2.45) is 0 Å². The van der Waals surface area contributed by atoms with E-state index >= 15 is 0 Å². The molecule has 1 aliphatic rings. The van der Waals surface area contributed by atoms with Gasteiger partial charge in [-0.1, -0.05) is 29.8 Å². The summed E-state index contributed by atoms with van der Waals surface area (Å²) in [7, 11) is 0. The molecule has 0 spiro atoms. The average molecular weight is 383 g/mol. The van der Waals surface area contributed by atoms with E-state index < -0.39 is 35.0 Å². The van der Waals surface area contributed by atoms with Gasteiger partial charge in [0.15, 0.2) is 0 Å². The van der Waals surface area contributed by atoms with Crippen LogP contribution < -0.4 is 10.2 Å². The molecule has 0 unspecified atom stereocenters. The molecular formula is C18H14ClF3N2O2. The van der Waals surface area contributed by atoms with E-state index in [0.717, 1.165) is 23.4 Å². The number of carbonyl (C=O) groups is 2. The van der Waals surface area contributed by atoms with Gasteiger partial charge in [0.25, 0.3) is 0 Å². The maximum absolute atomic E-state index is 12.9. The molecule has 0 saturated heterocycles. The summed E-state index contributed by atoms with van der Waals surface area (Å²) in [6.07, 6.45) is -4.39. The van der Waals surface area contributed by atoms with Crippen LogP contribution in [0.1, 0.15) is 17.5 Å². The van der Waals surface area contributed by atoms with Crippen molar-refractivity contribution in [1.82, 2.24) is 0 Å². The van der Waals surface area contributed by atoms with Crippen LogP contribution in [0.15, 0.2) is 42.5 Å². The highest BCUT2D eigenvalue weighted by Crippen LogP contribution is 2.36. The lowest BCUT2D eigenvalue weighted by Gasteiger charge is -2.17. The first kappa shape index (κ1) is 18.3. The minimum atomic E-state index is -4.63. The summed E-state index contributed by atoms with van der Waals surface area (Å²) in [5, 5.41) is 1.86. The predicted octanol–water partition coefficient (Wildman–Crippen LogP) is 4.28. The van der Waals surface area contributed by atoms with Crippen molar-refractivity contribution >= 4 is 34.8 Å². The highest BCUT2D eigenvalue weighted by molar-refractivity contribution is 6.31. The number of rotatable bonds is 3. The van der Waals surface area contributed by atoms with Gasteiger partial charge in [-0.15, -0.1) is 0 Å². The number of anilines is 2. The number of alkyl halides is 3. The van der Waals surface area contributed by atoms with Crippen molar-refractivity contribution in [3.8, 4) is 0 Å². The number of halogens is 4. The zero-order chi connectivity index (χ0) is 18.9. The second kappa shape index (κ2) is 6.99. The SMILES string of the molecule is O=C(CC(=O)N1CCc2ccccc21)Nc1ccc(Cl)c(C(F)(F)F)c1. The van der Waals surface area contributed by atoms with Crippen LogP contribution in [0.25, 0.3) is 0 Å². The van der Waals surface area contributed by atoms with Crippen LogP contribution in [-0.4, -0.2) is 18.4 Å². The molecule has 0 aliphatic carbocycles. The zero-order valence-electron chi connectivity index (χ0n) is 13.4. The molecule has 1 heterocycles. The molecule has 8 heteroatoms. The number of benzene rings is 2. The summed E-state index contributed by atoms with van der Waals surface area (Å²) in [4.78, 5) is 25.9. The third-order valence-electron chi connectivity index (χ3n) is 4.06. The molecule has 0 bridgehead atoms. The third-order valence-corrected chi connectivity index (χ3v) is 4.39. The molecule has 2 aromatic rings. The number of hydrogen-bond acceptors (Lipinski definition) is 2. The third kappa shape index (κ3) is 3.83. The Morgan fingerprint density at radius 3 is 2.62 bits per heavy atom. The Kier molecular flexibility index (Phi) is 4.91. The Morgan fingerprint density at radius 1 is 1.15 bits per heavy atom. The van der Waals surface area contributed by atoms with Crippen LogP contribution in [0.5, 0.6) is 0 Å². The molecule has 2 amide bonds. The van der Waals surface area contributed by atoms with Crippen LogP contribution in [0.3, 0.4) is 0 Å². The molecule has 2 aromatic carbocycles. The highest BCUT2D eigenvalue weighted by atomic mass is 35.5. The van der Waals surface area contributed by atoms with Gasteiger partial charge in [0.05, 0.1) is 10.6 Å². The van der Waals surface area contributed by atoms with Crippen LogP contribution in [0, 0.1) is 0 Å². The van der Waals surface area contributed by atoms with E-state index in [-0.39, 0.29) is 5.69 Å². The summed E-state index contributed by atoms with van der Waals surface area (Å²) >= 11 is 5.54.